The van der Waals surface area contributed by atoms with Crippen LogP contribution in [-0.2, 0) is 4.79 Å². The Kier molecular flexibility index (Phi) is 4.10. The molecule has 1 aliphatic heterocycles. The Labute approximate surface area is 114 Å². The Bertz CT molecular complexity index is 453. The molecule has 1 fully saturated rings. The van der Waals surface area contributed by atoms with Crippen molar-refractivity contribution in [1.29, 1.82) is 0 Å². The van der Waals surface area contributed by atoms with Gasteiger partial charge in [0.2, 0.25) is 5.91 Å². The number of carbonyl (C=O) groups excluding carboxylic acids is 1. The minimum absolute atomic E-state index is 0.00968. The molecule has 0 radical (unpaired) electrons. The van der Waals surface area contributed by atoms with Gasteiger partial charge in [0.25, 0.3) is 0 Å². The number of piperazine rings is 1. The number of nitrogens with one attached hydrogen (secondary N) is 1. The monoisotopic (exact) mass is 262 g/mol. The first-order valence-electron chi connectivity index (χ1n) is 6.78. The molecule has 4 nitrogen and oxygen atoms in total. The van der Waals surface area contributed by atoms with E-state index < -0.39 is 0 Å². The lowest BCUT2D eigenvalue weighted by atomic mass is 10.0. The van der Waals surface area contributed by atoms with Crippen molar-refractivity contribution in [3.05, 3.63) is 29.3 Å². The largest absolute Gasteiger partial charge is 0.396 e. The summed E-state index contributed by atoms with van der Waals surface area (Å²) in [6.07, 6.45) is 0.465. The number of rotatable bonds is 3. The van der Waals surface area contributed by atoms with Crippen molar-refractivity contribution < 1.29 is 9.90 Å². The minimum Gasteiger partial charge on any atom is -0.396 e. The minimum atomic E-state index is -0.277. The second-order valence-electron chi connectivity index (χ2n) is 5.33. The number of nitrogens with zero attached hydrogens (tertiary/aromatic N) is 1. The van der Waals surface area contributed by atoms with Crippen molar-refractivity contribution in [3.63, 3.8) is 0 Å². The van der Waals surface area contributed by atoms with Crippen molar-refractivity contribution in [1.82, 2.24) is 5.32 Å². The summed E-state index contributed by atoms with van der Waals surface area (Å²) >= 11 is 0. The molecule has 0 aromatic heterocycles. The maximum absolute atomic E-state index is 12.1. The molecular weight excluding hydrogens is 240 g/mol. The molecule has 1 saturated heterocycles. The van der Waals surface area contributed by atoms with Gasteiger partial charge in [0.1, 0.15) is 6.04 Å². The summed E-state index contributed by atoms with van der Waals surface area (Å²) < 4.78 is 0. The van der Waals surface area contributed by atoms with Crippen LogP contribution >= 0.6 is 0 Å². The SMILES string of the molecule is Cc1cccc(C)c1N1CC(C)NC(=O)C1CCO. The predicted molar refractivity (Wildman–Crippen MR) is 76.4 cm³/mol. The number of aryl methyl sites for hydroxylation is 2. The van der Waals surface area contributed by atoms with Gasteiger partial charge in [-0.05, 0) is 38.3 Å². The normalized spacial score (nSPS) is 23.4. The van der Waals surface area contributed by atoms with E-state index in [9.17, 15) is 9.90 Å². The quantitative estimate of drug-likeness (QED) is 0.865. The summed E-state index contributed by atoms with van der Waals surface area (Å²) in [5.41, 5.74) is 3.47. The number of hydrogen-bond donors (Lipinski definition) is 2. The van der Waals surface area contributed by atoms with E-state index in [4.69, 9.17) is 0 Å². The first-order valence-corrected chi connectivity index (χ1v) is 6.78. The van der Waals surface area contributed by atoms with Gasteiger partial charge < -0.3 is 15.3 Å². The molecule has 19 heavy (non-hydrogen) atoms. The Morgan fingerprint density at radius 1 is 1.37 bits per heavy atom. The van der Waals surface area contributed by atoms with E-state index in [2.05, 4.69) is 36.2 Å². The van der Waals surface area contributed by atoms with Crippen molar-refractivity contribution in [2.75, 3.05) is 18.1 Å². The molecule has 0 saturated carbocycles. The van der Waals surface area contributed by atoms with Crippen LogP contribution in [0.4, 0.5) is 5.69 Å². The highest BCUT2D eigenvalue weighted by molar-refractivity contribution is 5.87. The van der Waals surface area contributed by atoms with Crippen molar-refractivity contribution in [3.8, 4) is 0 Å². The molecule has 2 atom stereocenters. The maximum Gasteiger partial charge on any atom is 0.243 e. The van der Waals surface area contributed by atoms with Crippen LogP contribution in [0.15, 0.2) is 18.2 Å². The topological polar surface area (TPSA) is 52.6 Å². The third-order valence-corrected chi connectivity index (χ3v) is 3.67. The fourth-order valence-corrected chi connectivity index (χ4v) is 2.86. The molecular formula is C15H22N2O2. The zero-order chi connectivity index (χ0) is 14.0. The Morgan fingerprint density at radius 3 is 2.58 bits per heavy atom. The van der Waals surface area contributed by atoms with Crippen LogP contribution in [0.5, 0.6) is 0 Å². The van der Waals surface area contributed by atoms with E-state index in [-0.39, 0.29) is 24.6 Å². The summed E-state index contributed by atoms with van der Waals surface area (Å²) in [6, 6.07) is 6.01. The standard InChI is InChI=1S/C15H22N2O2/c1-10-5-4-6-11(2)14(10)17-9-12(3)16-15(19)13(17)7-8-18/h4-6,12-13,18H,7-9H2,1-3H3,(H,16,19). The van der Waals surface area contributed by atoms with Gasteiger partial charge in [0.15, 0.2) is 0 Å². The van der Waals surface area contributed by atoms with E-state index in [0.29, 0.717) is 6.42 Å². The maximum atomic E-state index is 12.1. The van der Waals surface area contributed by atoms with Crippen molar-refractivity contribution >= 4 is 11.6 Å². The lowest BCUT2D eigenvalue weighted by Crippen LogP contribution is -2.59. The Morgan fingerprint density at radius 2 is 2.00 bits per heavy atom. The van der Waals surface area contributed by atoms with Crippen LogP contribution in [0.1, 0.15) is 24.5 Å². The highest BCUT2D eigenvalue weighted by atomic mass is 16.3. The first-order chi connectivity index (χ1) is 9.04. The van der Waals surface area contributed by atoms with Gasteiger partial charge >= 0.3 is 0 Å². The molecule has 1 aliphatic rings. The lowest BCUT2D eigenvalue weighted by Gasteiger charge is -2.41. The second-order valence-corrected chi connectivity index (χ2v) is 5.33. The lowest BCUT2D eigenvalue weighted by molar-refractivity contribution is -0.124. The van der Waals surface area contributed by atoms with Crippen LogP contribution in [-0.4, -0.2) is 36.2 Å². The number of amides is 1. The Hall–Kier alpha value is -1.55. The smallest absolute Gasteiger partial charge is 0.243 e. The van der Waals surface area contributed by atoms with Gasteiger partial charge in [-0.2, -0.15) is 0 Å². The van der Waals surface area contributed by atoms with Gasteiger partial charge in [-0.3, -0.25) is 4.79 Å². The summed E-state index contributed by atoms with van der Waals surface area (Å²) in [6.45, 7) is 6.94. The molecule has 0 spiro atoms. The summed E-state index contributed by atoms with van der Waals surface area (Å²) in [7, 11) is 0. The van der Waals surface area contributed by atoms with Crippen LogP contribution in [0, 0.1) is 13.8 Å². The molecule has 0 aliphatic carbocycles. The molecule has 1 amide bonds. The molecule has 2 rings (SSSR count). The van der Waals surface area contributed by atoms with Gasteiger partial charge in [0.05, 0.1) is 0 Å². The molecule has 104 valence electrons. The summed E-state index contributed by atoms with van der Waals surface area (Å²) in [5, 5.41) is 12.2. The van der Waals surface area contributed by atoms with Crippen LogP contribution < -0.4 is 10.2 Å². The summed E-state index contributed by atoms with van der Waals surface area (Å²) in [5.74, 6) is 0.00968. The zero-order valence-electron chi connectivity index (χ0n) is 11.8. The molecule has 1 aromatic carbocycles. The second kappa shape index (κ2) is 5.61. The zero-order valence-corrected chi connectivity index (χ0v) is 11.8. The van der Waals surface area contributed by atoms with Gasteiger partial charge in [0, 0.05) is 24.9 Å². The van der Waals surface area contributed by atoms with Crippen LogP contribution in [0.3, 0.4) is 0 Å². The molecule has 1 aromatic rings. The third-order valence-electron chi connectivity index (χ3n) is 3.67. The number of benzene rings is 1. The first kappa shape index (κ1) is 13.9. The molecule has 4 heteroatoms. The van der Waals surface area contributed by atoms with E-state index >= 15 is 0 Å². The van der Waals surface area contributed by atoms with E-state index in [1.165, 1.54) is 11.1 Å². The van der Waals surface area contributed by atoms with E-state index in [0.717, 1.165) is 12.2 Å². The van der Waals surface area contributed by atoms with E-state index in [1.54, 1.807) is 0 Å². The molecule has 2 N–H and O–H groups in total. The van der Waals surface area contributed by atoms with Crippen molar-refractivity contribution in [2.45, 2.75) is 39.3 Å². The molecule has 0 bridgehead atoms. The number of carbonyl (C=O) groups is 1. The highest BCUT2D eigenvalue weighted by Gasteiger charge is 2.33. The number of aliphatic hydroxyl groups excluding tert-OH is 1. The van der Waals surface area contributed by atoms with Crippen molar-refractivity contribution in [2.24, 2.45) is 0 Å². The number of hydrogen-bond acceptors (Lipinski definition) is 3. The third kappa shape index (κ3) is 2.73. The molecule has 2 unspecified atom stereocenters. The molecule has 1 heterocycles. The number of para-hydroxylation sites is 1. The fourth-order valence-electron chi connectivity index (χ4n) is 2.86. The summed E-state index contributed by atoms with van der Waals surface area (Å²) in [4.78, 5) is 14.3. The van der Waals surface area contributed by atoms with E-state index in [1.807, 2.05) is 13.0 Å². The average Bonchev–Trinajstić information content (AvgIpc) is 2.33. The van der Waals surface area contributed by atoms with Crippen LogP contribution in [0.2, 0.25) is 0 Å². The van der Waals surface area contributed by atoms with Gasteiger partial charge in [-0.15, -0.1) is 0 Å². The Balaban J connectivity index is 2.40. The van der Waals surface area contributed by atoms with Gasteiger partial charge in [-0.1, -0.05) is 18.2 Å². The average molecular weight is 262 g/mol. The fraction of sp³-hybridized carbons (Fsp3) is 0.533. The predicted octanol–water partition coefficient (Wildman–Crippen LogP) is 1.38. The number of aliphatic hydroxyl groups is 1. The number of anilines is 1. The highest BCUT2D eigenvalue weighted by Crippen LogP contribution is 2.29. The van der Waals surface area contributed by atoms with Crippen LogP contribution in [0.25, 0.3) is 0 Å². The van der Waals surface area contributed by atoms with Gasteiger partial charge in [-0.25, -0.2) is 0 Å².